The molecular weight excluding hydrogens is 330 g/mol. The maximum absolute atomic E-state index is 12.1. The average molecular weight is 353 g/mol. The lowest BCUT2D eigenvalue weighted by Gasteiger charge is -2.07. The zero-order valence-electron chi connectivity index (χ0n) is 13.8. The van der Waals surface area contributed by atoms with Crippen LogP contribution in [0.2, 0.25) is 0 Å². The van der Waals surface area contributed by atoms with Gasteiger partial charge in [-0.1, -0.05) is 6.42 Å². The molecule has 0 bridgehead atoms. The fourth-order valence-electron chi connectivity index (χ4n) is 2.49. The quantitative estimate of drug-likeness (QED) is 0.556. The summed E-state index contributed by atoms with van der Waals surface area (Å²) in [5.41, 5.74) is 6.03. The van der Waals surface area contributed by atoms with Gasteiger partial charge in [0.25, 0.3) is 5.91 Å². The third kappa shape index (κ3) is 5.52. The second-order valence-electron chi connectivity index (χ2n) is 5.52. The molecule has 1 aliphatic carbocycles. The van der Waals surface area contributed by atoms with Gasteiger partial charge < -0.3 is 10.1 Å². The predicted molar refractivity (Wildman–Crippen MR) is 90.8 cm³/mol. The standard InChI is InChI=1S/C16H23N3O4S/c1-2-23-16(22)17-9-8-14(20)18-19-15(21)13-10-11-6-4-3-5-7-12(11)24-13/h10H,2-9H2,1H3,(H,17,22)(H,18,20)(H,19,21). The zero-order valence-corrected chi connectivity index (χ0v) is 14.6. The Morgan fingerprint density at radius 3 is 2.75 bits per heavy atom. The summed E-state index contributed by atoms with van der Waals surface area (Å²) in [5, 5.41) is 2.44. The maximum atomic E-state index is 12.1. The van der Waals surface area contributed by atoms with Crippen molar-refractivity contribution in [3.63, 3.8) is 0 Å². The molecule has 0 saturated carbocycles. The van der Waals surface area contributed by atoms with Crippen LogP contribution in [-0.4, -0.2) is 31.1 Å². The van der Waals surface area contributed by atoms with E-state index in [1.54, 1.807) is 6.92 Å². The monoisotopic (exact) mass is 353 g/mol. The van der Waals surface area contributed by atoms with Crippen LogP contribution in [0.25, 0.3) is 0 Å². The van der Waals surface area contributed by atoms with Crippen LogP contribution in [0.1, 0.15) is 52.7 Å². The Morgan fingerprint density at radius 2 is 1.96 bits per heavy atom. The fourth-order valence-corrected chi connectivity index (χ4v) is 3.64. The highest BCUT2D eigenvalue weighted by molar-refractivity contribution is 7.14. The van der Waals surface area contributed by atoms with Crippen LogP contribution in [0.3, 0.4) is 0 Å². The highest BCUT2D eigenvalue weighted by Gasteiger charge is 2.16. The van der Waals surface area contributed by atoms with Crippen molar-refractivity contribution in [1.29, 1.82) is 0 Å². The second-order valence-corrected chi connectivity index (χ2v) is 6.66. The molecule has 0 atom stereocenters. The molecule has 1 aromatic rings. The van der Waals surface area contributed by atoms with Gasteiger partial charge in [-0.3, -0.25) is 20.4 Å². The van der Waals surface area contributed by atoms with E-state index in [4.69, 9.17) is 0 Å². The van der Waals surface area contributed by atoms with Gasteiger partial charge in [0.2, 0.25) is 5.91 Å². The van der Waals surface area contributed by atoms with Gasteiger partial charge >= 0.3 is 6.09 Å². The number of fused-ring (bicyclic) bond motifs is 1. The molecule has 24 heavy (non-hydrogen) atoms. The number of rotatable bonds is 5. The van der Waals surface area contributed by atoms with Crippen LogP contribution < -0.4 is 16.2 Å². The minimum atomic E-state index is -0.561. The number of hydrogen-bond donors (Lipinski definition) is 3. The topological polar surface area (TPSA) is 96.5 Å². The molecule has 2 rings (SSSR count). The first-order valence-electron chi connectivity index (χ1n) is 8.21. The molecule has 0 aromatic carbocycles. The highest BCUT2D eigenvalue weighted by Crippen LogP contribution is 2.28. The molecule has 0 saturated heterocycles. The molecule has 3 amide bonds. The summed E-state index contributed by atoms with van der Waals surface area (Å²) >= 11 is 1.50. The number of aryl methyl sites for hydroxylation is 2. The summed E-state index contributed by atoms with van der Waals surface area (Å²) in [6.07, 6.45) is 5.10. The van der Waals surface area contributed by atoms with E-state index >= 15 is 0 Å². The van der Waals surface area contributed by atoms with Crippen LogP contribution in [0, 0.1) is 0 Å². The van der Waals surface area contributed by atoms with Crippen molar-refractivity contribution in [2.45, 2.75) is 45.4 Å². The van der Waals surface area contributed by atoms with Gasteiger partial charge in [0.05, 0.1) is 11.5 Å². The largest absolute Gasteiger partial charge is 0.450 e. The number of hydrazine groups is 1. The van der Waals surface area contributed by atoms with Gasteiger partial charge in [0, 0.05) is 17.8 Å². The summed E-state index contributed by atoms with van der Waals surface area (Å²) in [7, 11) is 0. The molecule has 8 heteroatoms. The Kier molecular flexibility index (Phi) is 7.05. The molecule has 7 nitrogen and oxygen atoms in total. The maximum Gasteiger partial charge on any atom is 0.407 e. The smallest absolute Gasteiger partial charge is 0.407 e. The normalized spacial score (nSPS) is 13.4. The number of hydrogen-bond acceptors (Lipinski definition) is 5. The first-order valence-corrected chi connectivity index (χ1v) is 9.03. The molecule has 0 fully saturated rings. The number of carbonyl (C=O) groups is 3. The average Bonchev–Trinajstić information content (AvgIpc) is 2.84. The minimum Gasteiger partial charge on any atom is -0.450 e. The third-order valence-corrected chi connectivity index (χ3v) is 4.92. The summed E-state index contributed by atoms with van der Waals surface area (Å²) in [5.74, 6) is -0.682. The number of carbonyl (C=O) groups excluding carboxylic acids is 3. The van der Waals surface area contributed by atoms with Crippen molar-refractivity contribution in [2.24, 2.45) is 0 Å². The predicted octanol–water partition coefficient (Wildman–Crippen LogP) is 1.91. The van der Waals surface area contributed by atoms with Crippen LogP contribution in [0.5, 0.6) is 0 Å². The number of alkyl carbamates (subject to hydrolysis) is 1. The van der Waals surface area contributed by atoms with E-state index in [2.05, 4.69) is 20.9 Å². The first-order chi connectivity index (χ1) is 11.6. The van der Waals surface area contributed by atoms with Gasteiger partial charge in [-0.05, 0) is 44.2 Å². The van der Waals surface area contributed by atoms with Gasteiger partial charge in [-0.25, -0.2) is 4.79 Å². The van der Waals surface area contributed by atoms with Crippen molar-refractivity contribution < 1.29 is 19.1 Å². The lowest BCUT2D eigenvalue weighted by atomic mass is 10.1. The van der Waals surface area contributed by atoms with Crippen molar-refractivity contribution in [1.82, 2.24) is 16.2 Å². The van der Waals surface area contributed by atoms with Gasteiger partial charge in [0.1, 0.15) is 0 Å². The molecule has 0 unspecified atom stereocenters. The molecule has 0 spiro atoms. The van der Waals surface area contributed by atoms with E-state index in [-0.39, 0.29) is 31.4 Å². The lowest BCUT2D eigenvalue weighted by molar-refractivity contribution is -0.121. The first kappa shape index (κ1) is 18.3. The SMILES string of the molecule is CCOC(=O)NCCC(=O)NNC(=O)c1cc2c(s1)CCCCC2. The van der Waals surface area contributed by atoms with E-state index < -0.39 is 6.09 Å². The van der Waals surface area contributed by atoms with Crippen LogP contribution in [0.15, 0.2) is 6.07 Å². The molecule has 1 aliphatic rings. The van der Waals surface area contributed by atoms with Crippen molar-refractivity contribution in [3.05, 3.63) is 21.4 Å². The second kappa shape index (κ2) is 9.27. The lowest BCUT2D eigenvalue weighted by Crippen LogP contribution is -2.42. The van der Waals surface area contributed by atoms with Gasteiger partial charge in [-0.2, -0.15) is 0 Å². The zero-order chi connectivity index (χ0) is 17.4. The minimum absolute atomic E-state index is 0.0556. The molecule has 1 heterocycles. The van der Waals surface area contributed by atoms with E-state index in [9.17, 15) is 14.4 Å². The molecular formula is C16H23N3O4S. The van der Waals surface area contributed by atoms with E-state index in [1.807, 2.05) is 6.07 Å². The number of amides is 3. The molecule has 0 radical (unpaired) electrons. The Labute approximate surface area is 145 Å². The highest BCUT2D eigenvalue weighted by atomic mass is 32.1. The van der Waals surface area contributed by atoms with Crippen molar-refractivity contribution in [3.8, 4) is 0 Å². The van der Waals surface area contributed by atoms with E-state index in [1.165, 1.54) is 34.6 Å². The summed E-state index contributed by atoms with van der Waals surface area (Å²) in [6, 6.07) is 1.93. The van der Waals surface area contributed by atoms with E-state index in [0.29, 0.717) is 4.88 Å². The van der Waals surface area contributed by atoms with Crippen LogP contribution >= 0.6 is 11.3 Å². The number of thiophene rings is 1. The van der Waals surface area contributed by atoms with Crippen LogP contribution in [-0.2, 0) is 22.4 Å². The number of nitrogens with one attached hydrogen (secondary N) is 3. The van der Waals surface area contributed by atoms with Crippen molar-refractivity contribution >= 4 is 29.2 Å². The Balaban J connectivity index is 1.72. The summed E-state index contributed by atoms with van der Waals surface area (Å²) in [4.78, 5) is 36.7. The summed E-state index contributed by atoms with van der Waals surface area (Å²) in [6.45, 7) is 2.12. The number of ether oxygens (including phenoxy) is 1. The molecule has 3 N–H and O–H groups in total. The Morgan fingerprint density at radius 1 is 1.17 bits per heavy atom. The van der Waals surface area contributed by atoms with Gasteiger partial charge in [-0.15, -0.1) is 11.3 Å². The summed E-state index contributed by atoms with van der Waals surface area (Å²) < 4.78 is 4.68. The molecule has 0 aliphatic heterocycles. The van der Waals surface area contributed by atoms with Crippen LogP contribution in [0.4, 0.5) is 4.79 Å². The molecule has 1 aromatic heterocycles. The van der Waals surface area contributed by atoms with Gasteiger partial charge in [0.15, 0.2) is 0 Å². The van der Waals surface area contributed by atoms with Crippen molar-refractivity contribution in [2.75, 3.05) is 13.2 Å². The third-order valence-electron chi connectivity index (χ3n) is 3.68. The fraction of sp³-hybridized carbons (Fsp3) is 0.562. The van der Waals surface area contributed by atoms with E-state index in [0.717, 1.165) is 19.3 Å². The molecule has 132 valence electrons. The Bertz CT molecular complexity index is 577. The Hall–Kier alpha value is -2.09.